The van der Waals surface area contributed by atoms with Crippen molar-refractivity contribution in [1.29, 1.82) is 0 Å². The van der Waals surface area contributed by atoms with Gasteiger partial charge in [-0.15, -0.1) is 0 Å². The number of alkyl carbamates (subject to hydrolysis) is 1. The SMILES string of the molecule is NC(=O)[C@@H](Cc1cccc(F)c1)NC(=O)CNC(=O)OCc1ccccc1. The first kappa shape index (κ1) is 19.9. The van der Waals surface area contributed by atoms with Crippen molar-refractivity contribution in [2.75, 3.05) is 6.54 Å². The Labute approximate surface area is 155 Å². The first-order valence-corrected chi connectivity index (χ1v) is 8.21. The first-order chi connectivity index (χ1) is 12.9. The maximum absolute atomic E-state index is 13.2. The lowest BCUT2D eigenvalue weighted by Crippen LogP contribution is -2.49. The van der Waals surface area contributed by atoms with Crippen molar-refractivity contribution >= 4 is 17.9 Å². The van der Waals surface area contributed by atoms with Crippen LogP contribution >= 0.6 is 0 Å². The fourth-order valence-corrected chi connectivity index (χ4v) is 2.29. The molecule has 7 nitrogen and oxygen atoms in total. The summed E-state index contributed by atoms with van der Waals surface area (Å²) in [6.45, 7) is -0.321. The molecule has 2 rings (SSSR count). The van der Waals surface area contributed by atoms with Crippen LogP contribution < -0.4 is 16.4 Å². The van der Waals surface area contributed by atoms with Crippen molar-refractivity contribution in [1.82, 2.24) is 10.6 Å². The summed E-state index contributed by atoms with van der Waals surface area (Å²) in [6.07, 6.45) is -0.730. The average Bonchev–Trinajstić information content (AvgIpc) is 2.65. The number of nitrogens with two attached hydrogens (primary N) is 1. The van der Waals surface area contributed by atoms with Crippen LogP contribution in [0.15, 0.2) is 54.6 Å². The van der Waals surface area contributed by atoms with Gasteiger partial charge in [-0.1, -0.05) is 42.5 Å². The summed E-state index contributed by atoms with van der Waals surface area (Å²) >= 11 is 0. The molecule has 2 aromatic carbocycles. The minimum Gasteiger partial charge on any atom is -0.445 e. The fourth-order valence-electron chi connectivity index (χ4n) is 2.29. The molecule has 142 valence electrons. The van der Waals surface area contributed by atoms with Crippen LogP contribution in [-0.4, -0.2) is 30.5 Å². The second-order valence-corrected chi connectivity index (χ2v) is 5.77. The van der Waals surface area contributed by atoms with Gasteiger partial charge >= 0.3 is 6.09 Å². The van der Waals surface area contributed by atoms with Crippen LogP contribution in [0, 0.1) is 5.82 Å². The maximum atomic E-state index is 13.2. The van der Waals surface area contributed by atoms with E-state index >= 15 is 0 Å². The summed E-state index contributed by atoms with van der Waals surface area (Å²) in [4.78, 5) is 35.1. The van der Waals surface area contributed by atoms with Gasteiger partial charge in [-0.3, -0.25) is 9.59 Å². The first-order valence-electron chi connectivity index (χ1n) is 8.21. The summed E-state index contributed by atoms with van der Waals surface area (Å²) in [6, 6.07) is 13.7. The second-order valence-electron chi connectivity index (χ2n) is 5.77. The highest BCUT2D eigenvalue weighted by Gasteiger charge is 2.19. The number of ether oxygens (including phenoxy) is 1. The number of halogens is 1. The lowest BCUT2D eigenvalue weighted by Gasteiger charge is -2.16. The molecule has 0 unspecified atom stereocenters. The molecule has 0 aliphatic heterocycles. The van der Waals surface area contributed by atoms with E-state index in [4.69, 9.17) is 10.5 Å². The normalized spacial score (nSPS) is 11.3. The van der Waals surface area contributed by atoms with Gasteiger partial charge in [0.05, 0.1) is 0 Å². The standard InChI is InChI=1S/C19H20FN3O4/c20-15-8-4-7-14(9-15)10-16(18(21)25)23-17(24)11-22-19(26)27-12-13-5-2-1-3-6-13/h1-9,16H,10-12H2,(H2,21,25)(H,22,26)(H,23,24)/t16-/m1/s1. The van der Waals surface area contributed by atoms with Gasteiger partial charge in [0, 0.05) is 6.42 Å². The minimum atomic E-state index is -1.03. The molecule has 0 heterocycles. The van der Waals surface area contributed by atoms with Crippen molar-refractivity contribution in [2.24, 2.45) is 5.73 Å². The molecule has 0 saturated heterocycles. The van der Waals surface area contributed by atoms with Crippen LogP contribution in [0.1, 0.15) is 11.1 Å². The Morgan fingerprint density at radius 1 is 1.04 bits per heavy atom. The molecule has 4 N–H and O–H groups in total. The molecule has 0 bridgehead atoms. The Hall–Kier alpha value is -3.42. The number of primary amides is 1. The number of amides is 3. The number of hydrogen-bond donors (Lipinski definition) is 3. The quantitative estimate of drug-likeness (QED) is 0.647. The molecular weight excluding hydrogens is 353 g/mol. The van der Waals surface area contributed by atoms with Crippen LogP contribution in [0.4, 0.5) is 9.18 Å². The predicted octanol–water partition coefficient (Wildman–Crippen LogP) is 1.26. The number of carbonyl (C=O) groups is 3. The second kappa shape index (κ2) is 9.91. The van der Waals surface area contributed by atoms with Crippen molar-refractivity contribution in [3.63, 3.8) is 0 Å². The molecular formula is C19H20FN3O4. The van der Waals surface area contributed by atoms with Gasteiger partial charge in [0.2, 0.25) is 11.8 Å². The Balaban J connectivity index is 1.78. The molecule has 0 spiro atoms. The third kappa shape index (κ3) is 7.15. The molecule has 27 heavy (non-hydrogen) atoms. The highest BCUT2D eigenvalue weighted by molar-refractivity contribution is 5.88. The summed E-state index contributed by atoms with van der Waals surface area (Å²) < 4.78 is 18.2. The number of nitrogens with one attached hydrogen (secondary N) is 2. The van der Waals surface area contributed by atoms with Crippen molar-refractivity contribution < 1.29 is 23.5 Å². The van der Waals surface area contributed by atoms with Crippen LogP contribution in [0.3, 0.4) is 0 Å². The zero-order valence-corrected chi connectivity index (χ0v) is 14.5. The zero-order chi connectivity index (χ0) is 19.6. The predicted molar refractivity (Wildman–Crippen MR) is 95.9 cm³/mol. The van der Waals surface area contributed by atoms with Gasteiger partial charge < -0.3 is 21.1 Å². The monoisotopic (exact) mass is 373 g/mol. The zero-order valence-electron chi connectivity index (χ0n) is 14.5. The van der Waals surface area contributed by atoms with Gasteiger partial charge in [-0.25, -0.2) is 9.18 Å². The van der Waals surface area contributed by atoms with E-state index in [-0.39, 0.29) is 19.6 Å². The highest BCUT2D eigenvalue weighted by Crippen LogP contribution is 2.06. The number of carbonyl (C=O) groups excluding carboxylic acids is 3. The molecule has 0 radical (unpaired) electrons. The largest absolute Gasteiger partial charge is 0.445 e. The third-order valence-electron chi connectivity index (χ3n) is 3.61. The summed E-state index contributed by atoms with van der Waals surface area (Å²) in [7, 11) is 0. The molecule has 0 aromatic heterocycles. The molecule has 8 heteroatoms. The Kier molecular flexibility index (Phi) is 7.30. The van der Waals surface area contributed by atoms with E-state index < -0.39 is 29.8 Å². The number of hydrogen-bond acceptors (Lipinski definition) is 4. The van der Waals surface area contributed by atoms with Crippen molar-refractivity contribution in [3.05, 3.63) is 71.5 Å². The van der Waals surface area contributed by atoms with Gasteiger partial charge in [-0.05, 0) is 23.3 Å². The van der Waals surface area contributed by atoms with E-state index in [0.717, 1.165) is 5.56 Å². The Morgan fingerprint density at radius 3 is 2.41 bits per heavy atom. The van der Waals surface area contributed by atoms with E-state index in [9.17, 15) is 18.8 Å². The molecule has 2 aromatic rings. The highest BCUT2D eigenvalue weighted by atomic mass is 19.1. The summed E-state index contributed by atoms with van der Waals surface area (Å²) in [5.41, 5.74) is 6.59. The van der Waals surface area contributed by atoms with Crippen molar-refractivity contribution in [2.45, 2.75) is 19.1 Å². The van der Waals surface area contributed by atoms with Crippen LogP contribution in [0.5, 0.6) is 0 Å². The van der Waals surface area contributed by atoms with E-state index in [2.05, 4.69) is 10.6 Å². The number of benzene rings is 2. The Morgan fingerprint density at radius 2 is 1.74 bits per heavy atom. The summed E-state index contributed by atoms with van der Waals surface area (Å²) in [5, 5.41) is 4.69. The van der Waals surface area contributed by atoms with Crippen LogP contribution in [0.2, 0.25) is 0 Å². The van der Waals surface area contributed by atoms with Crippen LogP contribution in [-0.2, 0) is 27.4 Å². The molecule has 0 saturated carbocycles. The van der Waals surface area contributed by atoms with Gasteiger partial charge in [0.15, 0.2) is 0 Å². The van der Waals surface area contributed by atoms with E-state index in [1.807, 2.05) is 18.2 Å². The number of rotatable bonds is 8. The lowest BCUT2D eigenvalue weighted by atomic mass is 10.1. The minimum absolute atomic E-state index is 0.0390. The molecule has 0 aliphatic rings. The van der Waals surface area contributed by atoms with E-state index in [0.29, 0.717) is 5.56 Å². The molecule has 0 fully saturated rings. The average molecular weight is 373 g/mol. The van der Waals surface area contributed by atoms with Gasteiger partial charge in [0.25, 0.3) is 0 Å². The smallest absolute Gasteiger partial charge is 0.407 e. The molecule has 1 atom stereocenters. The lowest BCUT2D eigenvalue weighted by molar-refractivity contribution is -0.126. The third-order valence-corrected chi connectivity index (χ3v) is 3.61. The Bertz CT molecular complexity index is 799. The molecule has 3 amide bonds. The van der Waals surface area contributed by atoms with Crippen LogP contribution in [0.25, 0.3) is 0 Å². The van der Waals surface area contributed by atoms with E-state index in [1.165, 1.54) is 18.2 Å². The summed E-state index contributed by atoms with van der Waals surface area (Å²) in [5.74, 6) is -1.84. The van der Waals surface area contributed by atoms with E-state index in [1.54, 1.807) is 18.2 Å². The fraction of sp³-hybridized carbons (Fsp3) is 0.211. The van der Waals surface area contributed by atoms with Crippen molar-refractivity contribution in [3.8, 4) is 0 Å². The maximum Gasteiger partial charge on any atom is 0.407 e. The van der Waals surface area contributed by atoms with Gasteiger partial charge in [0.1, 0.15) is 25.0 Å². The molecule has 0 aliphatic carbocycles. The topological polar surface area (TPSA) is 111 Å². The van der Waals surface area contributed by atoms with Gasteiger partial charge in [-0.2, -0.15) is 0 Å².